The van der Waals surface area contributed by atoms with Gasteiger partial charge in [-0.25, -0.2) is 0 Å². The Bertz CT molecular complexity index is 332. The van der Waals surface area contributed by atoms with Crippen LogP contribution in [0.1, 0.15) is 76.9 Å². The average molecular weight is 278 g/mol. The Hall–Kier alpha value is -1.02. The zero-order valence-corrected chi connectivity index (χ0v) is 13.1. The lowest BCUT2D eigenvalue weighted by Crippen LogP contribution is -1.98. The second-order valence-electron chi connectivity index (χ2n) is 5.43. The summed E-state index contributed by atoms with van der Waals surface area (Å²) in [5.74, 6) is 0.874. The van der Waals surface area contributed by atoms with Crippen molar-refractivity contribution in [2.45, 2.75) is 71.3 Å². The molecule has 1 aromatic rings. The highest BCUT2D eigenvalue weighted by Crippen LogP contribution is 2.22. The van der Waals surface area contributed by atoms with Crippen LogP contribution < -0.4 is 4.74 Å². The van der Waals surface area contributed by atoms with Gasteiger partial charge in [0.1, 0.15) is 5.75 Å². The molecule has 114 valence electrons. The number of ether oxygens (including phenoxy) is 1. The average Bonchev–Trinajstić information content (AvgIpc) is 2.47. The van der Waals surface area contributed by atoms with E-state index in [1.165, 1.54) is 38.5 Å². The van der Waals surface area contributed by atoms with E-state index in [1.807, 2.05) is 31.2 Å². The largest absolute Gasteiger partial charge is 0.494 e. The van der Waals surface area contributed by atoms with Crippen molar-refractivity contribution in [2.24, 2.45) is 0 Å². The van der Waals surface area contributed by atoms with Gasteiger partial charge in [0, 0.05) is 0 Å². The topological polar surface area (TPSA) is 29.5 Å². The first kappa shape index (κ1) is 17.0. The Morgan fingerprint density at radius 2 is 1.50 bits per heavy atom. The Kier molecular flexibility index (Phi) is 9.14. The molecule has 0 heterocycles. The second kappa shape index (κ2) is 10.7. The number of hydrogen-bond donors (Lipinski definition) is 1. The van der Waals surface area contributed by atoms with Crippen LogP contribution in [0, 0.1) is 0 Å². The number of hydrogen-bond acceptors (Lipinski definition) is 2. The molecule has 1 N–H and O–H groups in total. The van der Waals surface area contributed by atoms with Gasteiger partial charge < -0.3 is 9.84 Å². The predicted molar refractivity (Wildman–Crippen MR) is 85.2 cm³/mol. The quantitative estimate of drug-likeness (QED) is 0.559. The van der Waals surface area contributed by atoms with Gasteiger partial charge in [0.2, 0.25) is 0 Å². The van der Waals surface area contributed by atoms with E-state index in [-0.39, 0.29) is 6.10 Å². The van der Waals surface area contributed by atoms with Gasteiger partial charge in [0.15, 0.2) is 0 Å². The summed E-state index contributed by atoms with van der Waals surface area (Å²) in [6.07, 6.45) is 9.54. The lowest BCUT2D eigenvalue weighted by molar-refractivity contribution is 0.163. The van der Waals surface area contributed by atoms with Gasteiger partial charge >= 0.3 is 0 Å². The van der Waals surface area contributed by atoms with Gasteiger partial charge in [-0.3, -0.25) is 0 Å². The number of unbranched alkanes of at least 4 members (excludes halogenated alkanes) is 6. The van der Waals surface area contributed by atoms with Crippen LogP contribution in [0.3, 0.4) is 0 Å². The first-order valence-corrected chi connectivity index (χ1v) is 8.18. The molecular formula is C18H30O2. The van der Waals surface area contributed by atoms with Crippen LogP contribution in [-0.4, -0.2) is 11.7 Å². The molecule has 0 radical (unpaired) electrons. The molecule has 0 saturated carbocycles. The first-order chi connectivity index (χ1) is 9.77. The summed E-state index contributed by atoms with van der Waals surface area (Å²) in [4.78, 5) is 0. The highest BCUT2D eigenvalue weighted by molar-refractivity contribution is 5.28. The summed E-state index contributed by atoms with van der Waals surface area (Å²) in [5.41, 5.74) is 0.999. The Morgan fingerprint density at radius 1 is 0.900 bits per heavy atom. The van der Waals surface area contributed by atoms with Crippen molar-refractivity contribution in [3.05, 3.63) is 29.8 Å². The molecule has 0 aliphatic carbocycles. The molecule has 2 heteroatoms. The monoisotopic (exact) mass is 278 g/mol. The molecule has 0 amide bonds. The molecule has 20 heavy (non-hydrogen) atoms. The molecule has 0 bridgehead atoms. The van der Waals surface area contributed by atoms with Crippen LogP contribution in [0.5, 0.6) is 5.75 Å². The highest BCUT2D eigenvalue weighted by atomic mass is 16.5. The van der Waals surface area contributed by atoms with Crippen molar-refractivity contribution in [3.63, 3.8) is 0 Å². The smallest absolute Gasteiger partial charge is 0.119 e. The summed E-state index contributed by atoms with van der Waals surface area (Å²) in [6.45, 7) is 4.90. The van der Waals surface area contributed by atoms with Gasteiger partial charge in [-0.15, -0.1) is 0 Å². The number of aliphatic hydroxyl groups is 1. The third-order valence-electron chi connectivity index (χ3n) is 3.66. The summed E-state index contributed by atoms with van der Waals surface area (Å²) in [5, 5.41) is 10.1. The SMILES string of the molecule is CCCCCCCCCC(O)c1ccc(OCC)cc1. The van der Waals surface area contributed by atoms with Crippen LogP contribution in [0.15, 0.2) is 24.3 Å². The normalized spacial score (nSPS) is 12.3. The molecule has 2 nitrogen and oxygen atoms in total. The van der Waals surface area contributed by atoms with Crippen LogP contribution in [0.25, 0.3) is 0 Å². The van der Waals surface area contributed by atoms with E-state index in [0.717, 1.165) is 24.2 Å². The Morgan fingerprint density at radius 3 is 2.10 bits per heavy atom. The standard InChI is InChI=1S/C18H30O2/c1-3-5-6-7-8-9-10-11-18(19)16-12-14-17(15-13-16)20-4-2/h12-15,18-19H,3-11H2,1-2H3. The maximum Gasteiger partial charge on any atom is 0.119 e. The number of rotatable bonds is 11. The van der Waals surface area contributed by atoms with Crippen molar-refractivity contribution in [2.75, 3.05) is 6.61 Å². The molecule has 0 saturated heterocycles. The van der Waals surface area contributed by atoms with Crippen LogP contribution in [0.4, 0.5) is 0 Å². The molecule has 1 aromatic carbocycles. The summed E-state index contributed by atoms with van der Waals surface area (Å²) in [7, 11) is 0. The van der Waals surface area contributed by atoms with Crippen molar-refractivity contribution in [1.82, 2.24) is 0 Å². The highest BCUT2D eigenvalue weighted by Gasteiger charge is 2.07. The lowest BCUT2D eigenvalue weighted by atomic mass is 10.0. The summed E-state index contributed by atoms with van der Waals surface area (Å²) < 4.78 is 5.40. The van der Waals surface area contributed by atoms with E-state index in [2.05, 4.69) is 6.92 Å². The third-order valence-corrected chi connectivity index (χ3v) is 3.66. The molecule has 1 rings (SSSR count). The number of benzene rings is 1. The van der Waals surface area contributed by atoms with E-state index < -0.39 is 0 Å². The minimum absolute atomic E-state index is 0.332. The molecule has 1 atom stereocenters. The minimum atomic E-state index is -0.332. The van der Waals surface area contributed by atoms with Gasteiger partial charge in [-0.1, -0.05) is 64.0 Å². The minimum Gasteiger partial charge on any atom is -0.494 e. The molecule has 0 aliphatic heterocycles. The number of aliphatic hydroxyl groups excluding tert-OH is 1. The van der Waals surface area contributed by atoms with Gasteiger partial charge in [0.05, 0.1) is 12.7 Å². The maximum atomic E-state index is 10.1. The Balaban J connectivity index is 2.17. The fourth-order valence-corrected chi connectivity index (χ4v) is 2.41. The summed E-state index contributed by atoms with van der Waals surface area (Å²) in [6, 6.07) is 7.81. The van der Waals surface area contributed by atoms with Crippen molar-refractivity contribution in [3.8, 4) is 5.75 Å². The van der Waals surface area contributed by atoms with Gasteiger partial charge in [-0.05, 0) is 31.0 Å². The predicted octanol–water partition coefficient (Wildman–Crippen LogP) is 5.26. The fraction of sp³-hybridized carbons (Fsp3) is 0.667. The molecule has 1 unspecified atom stereocenters. The second-order valence-corrected chi connectivity index (χ2v) is 5.43. The van der Waals surface area contributed by atoms with Crippen LogP contribution in [0.2, 0.25) is 0 Å². The molecular weight excluding hydrogens is 248 g/mol. The van der Waals surface area contributed by atoms with E-state index in [4.69, 9.17) is 4.74 Å². The molecule has 0 fully saturated rings. The van der Waals surface area contributed by atoms with E-state index in [9.17, 15) is 5.11 Å². The van der Waals surface area contributed by atoms with Crippen LogP contribution >= 0.6 is 0 Å². The molecule has 0 aromatic heterocycles. The van der Waals surface area contributed by atoms with Gasteiger partial charge in [0.25, 0.3) is 0 Å². The third kappa shape index (κ3) is 6.95. The van der Waals surface area contributed by atoms with E-state index >= 15 is 0 Å². The van der Waals surface area contributed by atoms with Crippen molar-refractivity contribution < 1.29 is 9.84 Å². The van der Waals surface area contributed by atoms with Gasteiger partial charge in [-0.2, -0.15) is 0 Å². The van der Waals surface area contributed by atoms with Crippen molar-refractivity contribution in [1.29, 1.82) is 0 Å². The summed E-state index contributed by atoms with van der Waals surface area (Å²) >= 11 is 0. The van der Waals surface area contributed by atoms with E-state index in [1.54, 1.807) is 0 Å². The maximum absolute atomic E-state index is 10.1. The zero-order chi connectivity index (χ0) is 14.6. The molecule has 0 aliphatic rings. The van der Waals surface area contributed by atoms with E-state index in [0.29, 0.717) is 6.61 Å². The fourth-order valence-electron chi connectivity index (χ4n) is 2.41. The lowest BCUT2D eigenvalue weighted by Gasteiger charge is -2.11. The first-order valence-electron chi connectivity index (χ1n) is 8.18. The zero-order valence-electron chi connectivity index (χ0n) is 13.1. The molecule has 0 spiro atoms. The van der Waals surface area contributed by atoms with Crippen LogP contribution in [-0.2, 0) is 0 Å². The van der Waals surface area contributed by atoms with Crippen molar-refractivity contribution >= 4 is 0 Å². The Labute approximate surface area is 124 Å².